The lowest BCUT2D eigenvalue weighted by atomic mass is 10.1. The third-order valence-electron chi connectivity index (χ3n) is 3.47. The molecule has 0 saturated heterocycles. The van der Waals surface area contributed by atoms with Crippen LogP contribution in [0.2, 0.25) is 0 Å². The molecule has 0 aliphatic heterocycles. The van der Waals surface area contributed by atoms with Gasteiger partial charge in [-0.3, -0.25) is 0 Å². The number of nitrogens with zero attached hydrogens (tertiary/aromatic N) is 2. The van der Waals surface area contributed by atoms with Gasteiger partial charge >= 0.3 is 6.18 Å². The van der Waals surface area contributed by atoms with Gasteiger partial charge in [-0.25, -0.2) is 9.97 Å². The summed E-state index contributed by atoms with van der Waals surface area (Å²) in [4.78, 5) is 6.99. The van der Waals surface area contributed by atoms with Crippen molar-refractivity contribution in [3.05, 3.63) is 11.9 Å². The molecular formula is C13H19F3N4O. The largest absolute Gasteiger partial charge is 0.451 e. The number of hydrogen-bond donors (Lipinski definition) is 3. The Morgan fingerprint density at radius 3 is 2.33 bits per heavy atom. The molecule has 21 heavy (non-hydrogen) atoms. The Balaban J connectivity index is 2.14. The first-order valence-electron chi connectivity index (χ1n) is 6.93. The Morgan fingerprint density at radius 2 is 1.86 bits per heavy atom. The average Bonchev–Trinajstić information content (AvgIpc) is 3.22. The lowest BCUT2D eigenvalue weighted by Crippen LogP contribution is -2.21. The molecule has 1 saturated carbocycles. The second kappa shape index (κ2) is 6.05. The number of aliphatic hydroxyl groups is 1. The topological polar surface area (TPSA) is 70.1 Å². The van der Waals surface area contributed by atoms with Crippen molar-refractivity contribution in [1.82, 2.24) is 9.97 Å². The molecule has 1 aliphatic carbocycles. The molecule has 1 heterocycles. The average molecular weight is 304 g/mol. The first-order chi connectivity index (χ1) is 9.88. The summed E-state index contributed by atoms with van der Waals surface area (Å²) in [6, 6.07) is 1.46. The molecule has 2 rings (SSSR count). The van der Waals surface area contributed by atoms with Crippen LogP contribution in [0.25, 0.3) is 0 Å². The summed E-state index contributed by atoms with van der Waals surface area (Å²) in [5.41, 5.74) is -0.208. The Bertz CT molecular complexity index is 489. The first-order valence-corrected chi connectivity index (χ1v) is 6.93. The van der Waals surface area contributed by atoms with E-state index in [4.69, 9.17) is 0 Å². The molecule has 0 atom stereocenters. The lowest BCUT2D eigenvalue weighted by Gasteiger charge is -2.15. The Labute approximate surface area is 121 Å². The van der Waals surface area contributed by atoms with Crippen molar-refractivity contribution >= 4 is 11.6 Å². The molecule has 0 aromatic carbocycles. The molecule has 1 aliphatic rings. The maximum absolute atomic E-state index is 12.8. The highest BCUT2D eigenvalue weighted by molar-refractivity contribution is 5.48. The van der Waals surface area contributed by atoms with Gasteiger partial charge in [0.05, 0.1) is 6.61 Å². The molecule has 1 aromatic rings. The van der Waals surface area contributed by atoms with Crippen molar-refractivity contribution in [2.75, 3.05) is 30.3 Å². The predicted octanol–water partition coefficient (Wildman–Crippen LogP) is 2.50. The molecular weight excluding hydrogens is 285 g/mol. The van der Waals surface area contributed by atoms with Crippen molar-refractivity contribution < 1.29 is 18.3 Å². The zero-order valence-electron chi connectivity index (χ0n) is 11.8. The smallest absolute Gasteiger partial charge is 0.396 e. The summed E-state index contributed by atoms with van der Waals surface area (Å²) in [6.07, 6.45) is -2.07. The van der Waals surface area contributed by atoms with Crippen LogP contribution in [0, 0.1) is 5.41 Å². The van der Waals surface area contributed by atoms with Crippen molar-refractivity contribution in [3.8, 4) is 0 Å². The molecule has 0 unspecified atom stereocenters. The van der Waals surface area contributed by atoms with Crippen LogP contribution in [0.15, 0.2) is 6.07 Å². The monoisotopic (exact) mass is 304 g/mol. The zero-order chi connectivity index (χ0) is 15.5. The van der Waals surface area contributed by atoms with Crippen molar-refractivity contribution in [3.63, 3.8) is 0 Å². The Morgan fingerprint density at radius 1 is 1.24 bits per heavy atom. The van der Waals surface area contributed by atoms with Gasteiger partial charge in [0.25, 0.3) is 0 Å². The van der Waals surface area contributed by atoms with Gasteiger partial charge in [-0.15, -0.1) is 0 Å². The maximum Gasteiger partial charge on any atom is 0.451 e. The molecule has 5 nitrogen and oxygen atoms in total. The SMILES string of the molecule is CCCNc1cc(NCC2(CO)CC2)nc(C(F)(F)F)n1. The summed E-state index contributed by atoms with van der Waals surface area (Å²) < 4.78 is 38.4. The Kier molecular flexibility index (Phi) is 4.55. The van der Waals surface area contributed by atoms with Crippen LogP contribution in [-0.2, 0) is 6.18 Å². The fourth-order valence-electron chi connectivity index (χ4n) is 1.85. The van der Waals surface area contributed by atoms with E-state index >= 15 is 0 Å². The van der Waals surface area contributed by atoms with Crippen LogP contribution in [0.1, 0.15) is 32.0 Å². The standard InChI is InChI=1S/C13H19F3N4O/c1-2-5-17-9-6-10(18-7-12(8-21)3-4-12)20-11(19-9)13(14,15)16/h6,21H,2-5,7-8H2,1H3,(H2,17,18,19,20). The van der Waals surface area contributed by atoms with Gasteiger partial charge in [-0.05, 0) is 19.3 Å². The number of alkyl halides is 3. The summed E-state index contributed by atoms with van der Waals surface area (Å²) >= 11 is 0. The molecule has 0 bridgehead atoms. The molecule has 1 fully saturated rings. The summed E-state index contributed by atoms with van der Waals surface area (Å²) in [5, 5.41) is 14.9. The number of hydrogen-bond acceptors (Lipinski definition) is 5. The highest BCUT2D eigenvalue weighted by atomic mass is 19.4. The summed E-state index contributed by atoms with van der Waals surface area (Å²) in [7, 11) is 0. The molecule has 3 N–H and O–H groups in total. The van der Waals surface area contributed by atoms with E-state index < -0.39 is 12.0 Å². The van der Waals surface area contributed by atoms with Gasteiger partial charge in [-0.1, -0.05) is 6.92 Å². The van der Waals surface area contributed by atoms with Crippen LogP contribution >= 0.6 is 0 Å². The van der Waals surface area contributed by atoms with Crippen molar-refractivity contribution in [2.45, 2.75) is 32.4 Å². The molecule has 118 valence electrons. The van der Waals surface area contributed by atoms with E-state index in [0.717, 1.165) is 19.3 Å². The first kappa shape index (κ1) is 15.8. The van der Waals surface area contributed by atoms with E-state index in [1.807, 2.05) is 6.92 Å². The summed E-state index contributed by atoms with van der Waals surface area (Å²) in [5.74, 6) is -0.897. The number of halogens is 3. The highest BCUT2D eigenvalue weighted by Crippen LogP contribution is 2.44. The maximum atomic E-state index is 12.8. The molecule has 0 spiro atoms. The van der Waals surface area contributed by atoms with E-state index in [-0.39, 0.29) is 23.7 Å². The minimum Gasteiger partial charge on any atom is -0.396 e. The number of anilines is 2. The van der Waals surface area contributed by atoms with Crippen LogP contribution in [0.4, 0.5) is 24.8 Å². The summed E-state index contributed by atoms with van der Waals surface area (Å²) in [6.45, 7) is 2.88. The van der Waals surface area contributed by atoms with E-state index in [0.29, 0.717) is 13.1 Å². The number of aromatic nitrogens is 2. The van der Waals surface area contributed by atoms with Gasteiger partial charge in [0.15, 0.2) is 0 Å². The Hall–Kier alpha value is -1.57. The normalized spacial score (nSPS) is 16.6. The van der Waals surface area contributed by atoms with Gasteiger partial charge in [0.1, 0.15) is 11.6 Å². The zero-order valence-corrected chi connectivity index (χ0v) is 11.8. The number of rotatable bonds is 7. The van der Waals surface area contributed by atoms with E-state index in [2.05, 4.69) is 20.6 Å². The second-order valence-electron chi connectivity index (χ2n) is 5.40. The fraction of sp³-hybridized carbons (Fsp3) is 0.692. The fourth-order valence-corrected chi connectivity index (χ4v) is 1.85. The van der Waals surface area contributed by atoms with Crippen LogP contribution in [0.3, 0.4) is 0 Å². The van der Waals surface area contributed by atoms with Crippen molar-refractivity contribution in [2.24, 2.45) is 5.41 Å². The van der Waals surface area contributed by atoms with Gasteiger partial charge in [-0.2, -0.15) is 13.2 Å². The van der Waals surface area contributed by atoms with Crippen LogP contribution < -0.4 is 10.6 Å². The number of aliphatic hydroxyl groups excluding tert-OH is 1. The quantitative estimate of drug-likeness (QED) is 0.722. The highest BCUT2D eigenvalue weighted by Gasteiger charge is 2.42. The van der Waals surface area contributed by atoms with Crippen molar-refractivity contribution in [1.29, 1.82) is 0 Å². The van der Waals surface area contributed by atoms with E-state index in [9.17, 15) is 18.3 Å². The van der Waals surface area contributed by atoms with Gasteiger partial charge < -0.3 is 15.7 Å². The lowest BCUT2D eigenvalue weighted by molar-refractivity contribution is -0.144. The minimum atomic E-state index is -4.59. The third-order valence-corrected chi connectivity index (χ3v) is 3.47. The van der Waals surface area contributed by atoms with E-state index in [1.54, 1.807) is 0 Å². The van der Waals surface area contributed by atoms with Crippen LogP contribution in [0.5, 0.6) is 0 Å². The minimum absolute atomic E-state index is 0.0259. The molecule has 1 aromatic heterocycles. The third kappa shape index (κ3) is 4.20. The van der Waals surface area contributed by atoms with E-state index in [1.165, 1.54) is 6.07 Å². The predicted molar refractivity (Wildman–Crippen MR) is 73.1 cm³/mol. The molecule has 0 amide bonds. The van der Waals surface area contributed by atoms with Gasteiger partial charge in [0.2, 0.25) is 5.82 Å². The second-order valence-corrected chi connectivity index (χ2v) is 5.40. The molecule has 0 radical (unpaired) electrons. The van der Waals surface area contributed by atoms with Crippen LogP contribution in [-0.4, -0.2) is 34.8 Å². The number of nitrogens with one attached hydrogen (secondary N) is 2. The molecule has 8 heteroatoms. The van der Waals surface area contributed by atoms with Gasteiger partial charge in [0, 0.05) is 24.6 Å².